The molecule has 1 saturated heterocycles. The third-order valence-electron chi connectivity index (χ3n) is 4.89. The zero-order chi connectivity index (χ0) is 19.7. The fourth-order valence-corrected chi connectivity index (χ4v) is 4.68. The molecule has 1 aliphatic rings. The smallest absolute Gasteiger partial charge is 0.270 e. The lowest BCUT2D eigenvalue weighted by Crippen LogP contribution is -2.27. The number of anilines is 1. The summed E-state index contributed by atoms with van der Waals surface area (Å²) in [6.07, 6.45) is 1.96. The predicted molar refractivity (Wildman–Crippen MR) is 122 cm³/mol. The first-order valence-corrected chi connectivity index (χ1v) is 10.3. The molecule has 0 radical (unpaired) electrons. The number of nitrogens with zero attached hydrogens (tertiary/aromatic N) is 2. The van der Waals surface area contributed by atoms with E-state index in [-0.39, 0.29) is 5.91 Å². The summed E-state index contributed by atoms with van der Waals surface area (Å²) in [6, 6.07) is 22.1. The van der Waals surface area contributed by atoms with Crippen LogP contribution >= 0.6 is 24.0 Å². The minimum absolute atomic E-state index is 0.0611. The van der Waals surface area contributed by atoms with Gasteiger partial charge in [0.2, 0.25) is 0 Å². The average Bonchev–Trinajstić information content (AvgIpc) is 3.13. The first kappa shape index (κ1) is 18.7. The Morgan fingerprint density at radius 1 is 1.00 bits per heavy atom. The Morgan fingerprint density at radius 2 is 1.64 bits per heavy atom. The zero-order valence-corrected chi connectivity index (χ0v) is 17.4. The van der Waals surface area contributed by atoms with E-state index in [1.54, 1.807) is 4.90 Å². The number of carbonyl (C=O) groups excluding carboxylic acids is 1. The normalized spacial score (nSPS) is 15.6. The van der Waals surface area contributed by atoms with Crippen LogP contribution in [0.2, 0.25) is 0 Å². The number of benzene rings is 2. The minimum Gasteiger partial charge on any atom is -0.344 e. The van der Waals surface area contributed by atoms with Gasteiger partial charge in [0.1, 0.15) is 0 Å². The van der Waals surface area contributed by atoms with Gasteiger partial charge in [0.25, 0.3) is 5.91 Å². The molecule has 1 fully saturated rings. The van der Waals surface area contributed by atoms with Gasteiger partial charge in [-0.15, -0.1) is 0 Å². The SMILES string of the molecule is Cc1cc(/C=C2/SC(=S)N(c3ccccc3)C2=O)c(C)n1Cc1ccccc1. The van der Waals surface area contributed by atoms with E-state index in [0.29, 0.717) is 9.23 Å². The third-order valence-corrected chi connectivity index (χ3v) is 6.19. The molecule has 0 bridgehead atoms. The highest BCUT2D eigenvalue weighted by Gasteiger charge is 2.33. The highest BCUT2D eigenvalue weighted by atomic mass is 32.2. The molecule has 140 valence electrons. The first-order valence-electron chi connectivity index (χ1n) is 9.08. The number of rotatable bonds is 4. The maximum atomic E-state index is 13.0. The van der Waals surface area contributed by atoms with Gasteiger partial charge in [-0.3, -0.25) is 9.69 Å². The predicted octanol–water partition coefficient (Wildman–Crippen LogP) is 5.56. The van der Waals surface area contributed by atoms with Crippen molar-refractivity contribution < 1.29 is 4.79 Å². The van der Waals surface area contributed by atoms with Crippen LogP contribution in [0.15, 0.2) is 71.6 Å². The molecule has 28 heavy (non-hydrogen) atoms. The highest BCUT2D eigenvalue weighted by molar-refractivity contribution is 8.27. The van der Waals surface area contributed by atoms with Crippen LogP contribution in [0.4, 0.5) is 5.69 Å². The Morgan fingerprint density at radius 3 is 2.32 bits per heavy atom. The van der Waals surface area contributed by atoms with Crippen molar-refractivity contribution in [2.45, 2.75) is 20.4 Å². The second kappa shape index (κ2) is 7.78. The van der Waals surface area contributed by atoms with Crippen LogP contribution in [0, 0.1) is 13.8 Å². The Hall–Kier alpha value is -2.63. The van der Waals surface area contributed by atoms with E-state index in [0.717, 1.165) is 23.5 Å². The van der Waals surface area contributed by atoms with Gasteiger partial charge >= 0.3 is 0 Å². The molecule has 2 aromatic carbocycles. The summed E-state index contributed by atoms with van der Waals surface area (Å²) >= 11 is 6.82. The van der Waals surface area contributed by atoms with E-state index in [9.17, 15) is 4.79 Å². The van der Waals surface area contributed by atoms with Gasteiger partial charge in [0, 0.05) is 17.9 Å². The lowest BCUT2D eigenvalue weighted by molar-refractivity contribution is -0.113. The Balaban J connectivity index is 1.64. The van der Waals surface area contributed by atoms with Crippen molar-refractivity contribution in [1.29, 1.82) is 0 Å². The van der Waals surface area contributed by atoms with Crippen molar-refractivity contribution in [2.75, 3.05) is 4.90 Å². The van der Waals surface area contributed by atoms with E-state index >= 15 is 0 Å². The van der Waals surface area contributed by atoms with Gasteiger partial charge in [-0.1, -0.05) is 72.5 Å². The standard InChI is InChI=1S/C23H20N2OS2/c1-16-13-19(17(2)24(16)15-18-9-5-3-6-10-18)14-21-22(26)25(23(27)28-21)20-11-7-4-8-12-20/h3-14H,15H2,1-2H3/b21-14+. The van der Waals surface area contributed by atoms with E-state index < -0.39 is 0 Å². The van der Waals surface area contributed by atoms with Gasteiger partial charge < -0.3 is 4.57 Å². The third kappa shape index (κ3) is 3.55. The molecule has 2 heterocycles. The quantitative estimate of drug-likeness (QED) is 0.420. The fourth-order valence-electron chi connectivity index (χ4n) is 3.39. The molecule has 0 aliphatic carbocycles. The zero-order valence-electron chi connectivity index (χ0n) is 15.8. The number of thioether (sulfide) groups is 1. The van der Waals surface area contributed by atoms with Gasteiger partial charge in [0.15, 0.2) is 4.32 Å². The van der Waals surface area contributed by atoms with Crippen LogP contribution in [0.3, 0.4) is 0 Å². The molecule has 3 nitrogen and oxygen atoms in total. The molecule has 1 aliphatic heterocycles. The number of hydrogen-bond acceptors (Lipinski definition) is 3. The molecule has 5 heteroatoms. The number of amides is 1. The molecular formula is C23H20N2OS2. The number of carbonyl (C=O) groups is 1. The maximum Gasteiger partial charge on any atom is 0.270 e. The summed E-state index contributed by atoms with van der Waals surface area (Å²) in [5.41, 5.74) is 5.44. The monoisotopic (exact) mass is 404 g/mol. The first-order chi connectivity index (χ1) is 13.5. The second-order valence-corrected chi connectivity index (χ2v) is 8.43. The lowest BCUT2D eigenvalue weighted by Gasteiger charge is -2.13. The fraction of sp³-hybridized carbons (Fsp3) is 0.130. The number of thiocarbonyl (C=S) groups is 1. The maximum absolute atomic E-state index is 13.0. The minimum atomic E-state index is -0.0611. The van der Waals surface area contributed by atoms with Crippen LogP contribution < -0.4 is 4.90 Å². The number of para-hydroxylation sites is 1. The summed E-state index contributed by atoms with van der Waals surface area (Å²) in [7, 11) is 0. The molecule has 0 spiro atoms. The molecule has 3 aromatic rings. The molecule has 4 rings (SSSR count). The molecule has 0 N–H and O–H groups in total. The number of aromatic nitrogens is 1. The Kier molecular flexibility index (Phi) is 5.20. The van der Waals surface area contributed by atoms with Crippen molar-refractivity contribution in [3.63, 3.8) is 0 Å². The van der Waals surface area contributed by atoms with Gasteiger partial charge in [-0.2, -0.15) is 0 Å². The molecule has 0 saturated carbocycles. The van der Waals surface area contributed by atoms with E-state index in [1.807, 2.05) is 42.5 Å². The van der Waals surface area contributed by atoms with E-state index in [4.69, 9.17) is 12.2 Å². The largest absolute Gasteiger partial charge is 0.344 e. The van der Waals surface area contributed by atoms with Gasteiger partial charge in [-0.25, -0.2) is 0 Å². The van der Waals surface area contributed by atoms with Crippen molar-refractivity contribution in [1.82, 2.24) is 4.57 Å². The van der Waals surface area contributed by atoms with Crippen molar-refractivity contribution >= 4 is 46.0 Å². The summed E-state index contributed by atoms with van der Waals surface area (Å²) in [6.45, 7) is 5.01. The van der Waals surface area contributed by atoms with Gasteiger partial charge in [0.05, 0.1) is 10.6 Å². The molecule has 1 amide bonds. The van der Waals surface area contributed by atoms with Crippen molar-refractivity contribution in [3.8, 4) is 0 Å². The summed E-state index contributed by atoms with van der Waals surface area (Å²) in [5.74, 6) is -0.0611. The average molecular weight is 405 g/mol. The van der Waals surface area contributed by atoms with Crippen LogP contribution in [-0.4, -0.2) is 14.8 Å². The highest BCUT2D eigenvalue weighted by Crippen LogP contribution is 2.36. The molecule has 1 aromatic heterocycles. The van der Waals surface area contributed by atoms with Crippen LogP contribution in [0.1, 0.15) is 22.5 Å². The summed E-state index contributed by atoms with van der Waals surface area (Å²) in [5, 5.41) is 0. The number of hydrogen-bond donors (Lipinski definition) is 0. The van der Waals surface area contributed by atoms with Crippen molar-refractivity contribution in [2.24, 2.45) is 0 Å². The van der Waals surface area contributed by atoms with Crippen LogP contribution in [-0.2, 0) is 11.3 Å². The van der Waals surface area contributed by atoms with Crippen LogP contribution in [0.5, 0.6) is 0 Å². The van der Waals surface area contributed by atoms with Crippen LogP contribution in [0.25, 0.3) is 6.08 Å². The Labute approximate surface area is 174 Å². The topological polar surface area (TPSA) is 25.2 Å². The molecular weight excluding hydrogens is 384 g/mol. The van der Waals surface area contributed by atoms with E-state index in [2.05, 4.69) is 48.7 Å². The summed E-state index contributed by atoms with van der Waals surface area (Å²) < 4.78 is 2.85. The number of aryl methyl sites for hydroxylation is 1. The summed E-state index contributed by atoms with van der Waals surface area (Å²) in [4.78, 5) is 15.2. The van der Waals surface area contributed by atoms with Crippen molar-refractivity contribution in [3.05, 3.63) is 94.1 Å². The lowest BCUT2D eigenvalue weighted by atomic mass is 10.2. The molecule has 0 atom stereocenters. The Bertz CT molecular complexity index is 1070. The second-order valence-electron chi connectivity index (χ2n) is 6.75. The molecule has 0 unspecified atom stereocenters. The van der Waals surface area contributed by atoms with E-state index in [1.165, 1.54) is 23.0 Å². The van der Waals surface area contributed by atoms with Gasteiger partial charge in [-0.05, 0) is 49.2 Å².